The summed E-state index contributed by atoms with van der Waals surface area (Å²) in [6.07, 6.45) is 3.01. The first kappa shape index (κ1) is 12.3. The maximum Gasteiger partial charge on any atom is 0.105 e. The molecule has 0 spiro atoms. The lowest BCUT2D eigenvalue weighted by atomic mass is 10.1. The van der Waals surface area contributed by atoms with Gasteiger partial charge in [-0.2, -0.15) is 5.26 Å². The smallest absolute Gasteiger partial charge is 0.105 e. The molecular weight excluding hydrogens is 224 g/mol. The second-order valence-corrected chi connectivity index (χ2v) is 4.36. The molecule has 18 heavy (non-hydrogen) atoms. The Hall–Kier alpha value is -2.21. The van der Waals surface area contributed by atoms with Crippen molar-refractivity contribution in [3.8, 4) is 6.07 Å². The molecule has 0 fully saturated rings. The molecule has 0 radical (unpaired) electrons. The van der Waals surface area contributed by atoms with Crippen molar-refractivity contribution in [1.82, 2.24) is 0 Å². The fourth-order valence-corrected chi connectivity index (χ4v) is 1.88. The van der Waals surface area contributed by atoms with E-state index in [4.69, 9.17) is 9.68 Å². The van der Waals surface area contributed by atoms with Crippen molar-refractivity contribution < 1.29 is 4.42 Å². The van der Waals surface area contributed by atoms with E-state index >= 15 is 0 Å². The summed E-state index contributed by atoms with van der Waals surface area (Å²) in [7, 11) is 0. The van der Waals surface area contributed by atoms with Gasteiger partial charge in [-0.25, -0.2) is 0 Å². The molecule has 3 heteroatoms. The van der Waals surface area contributed by atoms with Crippen LogP contribution in [0.2, 0.25) is 0 Å². The highest BCUT2D eigenvalue weighted by Crippen LogP contribution is 2.13. The van der Waals surface area contributed by atoms with E-state index in [1.54, 1.807) is 6.26 Å². The van der Waals surface area contributed by atoms with Crippen molar-refractivity contribution in [2.45, 2.75) is 25.8 Å². The minimum Gasteiger partial charge on any atom is -0.469 e. The first-order valence-electron chi connectivity index (χ1n) is 6.03. The van der Waals surface area contributed by atoms with E-state index in [9.17, 15) is 0 Å². The molecule has 0 saturated heterocycles. The molecule has 1 aromatic heterocycles. The van der Waals surface area contributed by atoms with Crippen molar-refractivity contribution in [2.24, 2.45) is 0 Å². The van der Waals surface area contributed by atoms with Crippen LogP contribution < -0.4 is 5.32 Å². The second kappa shape index (κ2) is 5.92. The minimum atomic E-state index is 0.304. The molecule has 0 amide bonds. The summed E-state index contributed by atoms with van der Waals surface area (Å²) >= 11 is 0. The Morgan fingerprint density at radius 1 is 1.28 bits per heavy atom. The van der Waals surface area contributed by atoms with Crippen molar-refractivity contribution in [3.05, 3.63) is 54.0 Å². The normalized spacial score (nSPS) is 11.8. The molecule has 1 N–H and O–H groups in total. The van der Waals surface area contributed by atoms with Crippen LogP contribution in [0, 0.1) is 11.3 Å². The van der Waals surface area contributed by atoms with E-state index in [0.29, 0.717) is 12.5 Å². The fraction of sp³-hybridized carbons (Fsp3) is 0.267. The zero-order chi connectivity index (χ0) is 12.8. The van der Waals surface area contributed by atoms with Gasteiger partial charge >= 0.3 is 0 Å². The standard InChI is InChI=1S/C15H16N2O/c1-12(11-15-3-2-10-18-15)17-14-6-4-13(5-7-14)8-9-16/h2-7,10,12,17H,8,11H2,1H3. The van der Waals surface area contributed by atoms with Crippen molar-refractivity contribution in [3.63, 3.8) is 0 Å². The van der Waals surface area contributed by atoms with Crippen LogP contribution in [0.25, 0.3) is 0 Å². The quantitative estimate of drug-likeness (QED) is 0.871. The zero-order valence-electron chi connectivity index (χ0n) is 10.4. The second-order valence-electron chi connectivity index (χ2n) is 4.36. The van der Waals surface area contributed by atoms with Gasteiger partial charge in [0.1, 0.15) is 5.76 Å². The molecule has 0 aliphatic carbocycles. The van der Waals surface area contributed by atoms with Gasteiger partial charge in [0.25, 0.3) is 0 Å². The van der Waals surface area contributed by atoms with Gasteiger partial charge in [0.2, 0.25) is 0 Å². The summed E-state index contributed by atoms with van der Waals surface area (Å²) < 4.78 is 5.32. The topological polar surface area (TPSA) is 49.0 Å². The van der Waals surface area contributed by atoms with Crippen LogP contribution in [0.15, 0.2) is 47.1 Å². The molecule has 1 unspecified atom stereocenters. The SMILES string of the molecule is CC(Cc1ccco1)Nc1ccc(CC#N)cc1. The number of nitrogens with one attached hydrogen (secondary N) is 1. The number of hydrogen-bond donors (Lipinski definition) is 1. The first-order valence-corrected chi connectivity index (χ1v) is 6.03. The third-order valence-electron chi connectivity index (χ3n) is 2.74. The van der Waals surface area contributed by atoms with Crippen molar-refractivity contribution in [2.75, 3.05) is 5.32 Å². The number of anilines is 1. The highest BCUT2D eigenvalue weighted by molar-refractivity contribution is 5.45. The highest BCUT2D eigenvalue weighted by Gasteiger charge is 2.05. The van der Waals surface area contributed by atoms with E-state index in [1.807, 2.05) is 36.4 Å². The van der Waals surface area contributed by atoms with Crippen LogP contribution in [-0.4, -0.2) is 6.04 Å². The molecule has 0 aliphatic heterocycles. The van der Waals surface area contributed by atoms with Gasteiger partial charge in [-0.15, -0.1) is 0 Å². The molecule has 0 saturated carbocycles. The summed E-state index contributed by atoms with van der Waals surface area (Å²) in [5, 5.41) is 12.0. The number of hydrogen-bond acceptors (Lipinski definition) is 3. The minimum absolute atomic E-state index is 0.304. The molecule has 3 nitrogen and oxygen atoms in total. The predicted octanol–water partition coefficient (Wildman–Crippen LogP) is 3.39. The summed E-state index contributed by atoms with van der Waals surface area (Å²) in [6.45, 7) is 2.12. The number of furan rings is 1. The Kier molecular flexibility index (Phi) is 4.03. The highest BCUT2D eigenvalue weighted by atomic mass is 16.3. The molecule has 0 aliphatic rings. The van der Waals surface area contributed by atoms with Crippen molar-refractivity contribution in [1.29, 1.82) is 5.26 Å². The lowest BCUT2D eigenvalue weighted by molar-refractivity contribution is 0.498. The first-order chi connectivity index (χ1) is 8.78. The fourth-order valence-electron chi connectivity index (χ4n) is 1.88. The van der Waals surface area contributed by atoms with Gasteiger partial charge < -0.3 is 9.73 Å². The predicted molar refractivity (Wildman–Crippen MR) is 71.3 cm³/mol. The van der Waals surface area contributed by atoms with E-state index in [0.717, 1.165) is 23.4 Å². The Labute approximate surface area is 107 Å². The van der Waals surface area contributed by atoms with Crippen molar-refractivity contribution >= 4 is 5.69 Å². The Bertz CT molecular complexity index is 508. The van der Waals surface area contributed by atoms with Gasteiger partial charge in [-0.05, 0) is 36.8 Å². The van der Waals surface area contributed by atoms with E-state index in [2.05, 4.69) is 18.3 Å². The Morgan fingerprint density at radius 3 is 2.67 bits per heavy atom. The molecule has 2 aromatic rings. The van der Waals surface area contributed by atoms with E-state index in [1.165, 1.54) is 0 Å². The molecule has 92 valence electrons. The third kappa shape index (κ3) is 3.39. The molecular formula is C15H16N2O. The number of nitriles is 1. The van der Waals surface area contributed by atoms with E-state index in [-0.39, 0.29) is 0 Å². The van der Waals surface area contributed by atoms with Gasteiger partial charge in [0.05, 0.1) is 18.8 Å². The maximum atomic E-state index is 8.60. The lowest BCUT2D eigenvalue weighted by Gasteiger charge is -2.14. The van der Waals surface area contributed by atoms with Crippen LogP contribution in [0.4, 0.5) is 5.69 Å². The molecule has 1 atom stereocenters. The third-order valence-corrected chi connectivity index (χ3v) is 2.74. The molecule has 1 aromatic carbocycles. The van der Waals surface area contributed by atoms with Crippen LogP contribution in [0.1, 0.15) is 18.2 Å². The zero-order valence-corrected chi connectivity index (χ0v) is 10.4. The van der Waals surface area contributed by atoms with Gasteiger partial charge in [0.15, 0.2) is 0 Å². The number of nitrogens with zero attached hydrogens (tertiary/aromatic N) is 1. The van der Waals surface area contributed by atoms with Crippen LogP contribution in [0.5, 0.6) is 0 Å². The molecule has 1 heterocycles. The Balaban J connectivity index is 1.90. The number of benzene rings is 1. The molecule has 0 bridgehead atoms. The summed E-state index contributed by atoms with van der Waals surface area (Å²) in [5.74, 6) is 0.983. The van der Waals surface area contributed by atoms with Gasteiger partial charge in [-0.3, -0.25) is 0 Å². The van der Waals surface area contributed by atoms with Crippen LogP contribution in [-0.2, 0) is 12.8 Å². The summed E-state index contributed by atoms with van der Waals surface area (Å²) in [4.78, 5) is 0. The summed E-state index contributed by atoms with van der Waals surface area (Å²) in [5.41, 5.74) is 2.11. The average molecular weight is 240 g/mol. The molecule has 2 rings (SSSR count). The Morgan fingerprint density at radius 2 is 2.06 bits per heavy atom. The number of rotatable bonds is 5. The van der Waals surface area contributed by atoms with Gasteiger partial charge in [0, 0.05) is 18.2 Å². The monoisotopic (exact) mass is 240 g/mol. The summed E-state index contributed by atoms with van der Waals surface area (Å²) in [6, 6.07) is 14.3. The largest absolute Gasteiger partial charge is 0.469 e. The van der Waals surface area contributed by atoms with Crippen LogP contribution in [0.3, 0.4) is 0 Å². The van der Waals surface area contributed by atoms with Crippen LogP contribution >= 0.6 is 0 Å². The maximum absolute atomic E-state index is 8.60. The lowest BCUT2D eigenvalue weighted by Crippen LogP contribution is -2.17. The van der Waals surface area contributed by atoms with E-state index < -0.39 is 0 Å². The van der Waals surface area contributed by atoms with Gasteiger partial charge in [-0.1, -0.05) is 12.1 Å². The average Bonchev–Trinajstić information content (AvgIpc) is 2.84.